The van der Waals surface area contributed by atoms with E-state index in [1.807, 2.05) is 0 Å². The van der Waals surface area contributed by atoms with Crippen LogP contribution < -0.4 is 0 Å². The van der Waals surface area contributed by atoms with Gasteiger partial charge in [-0.1, -0.05) is 109 Å². The van der Waals surface area contributed by atoms with Crippen LogP contribution in [-0.2, 0) is 0 Å². The van der Waals surface area contributed by atoms with Crippen LogP contribution in [0.4, 0.5) is 0 Å². The third kappa shape index (κ3) is 9.97. The minimum atomic E-state index is 0.930. The van der Waals surface area contributed by atoms with Crippen molar-refractivity contribution in [3.8, 4) is 0 Å². The lowest BCUT2D eigenvalue weighted by Gasteiger charge is -2.14. The number of hydrogen-bond donors (Lipinski definition) is 0. The Bertz CT molecular complexity index is 152. The summed E-state index contributed by atoms with van der Waals surface area (Å²) in [6.45, 7) is 0. The van der Waals surface area contributed by atoms with Gasteiger partial charge in [-0.25, -0.2) is 0 Å². The zero-order valence-electron chi connectivity index (χ0n) is 11.1. The molecule has 0 aromatic carbocycles. The van der Waals surface area contributed by atoms with E-state index in [9.17, 15) is 0 Å². The molecule has 0 bridgehead atoms. The van der Waals surface area contributed by atoms with Crippen LogP contribution in [0.5, 0.6) is 0 Å². The zero-order chi connectivity index (χ0) is 12.3. The van der Waals surface area contributed by atoms with Crippen molar-refractivity contribution in [3.05, 3.63) is 0 Å². The minimum absolute atomic E-state index is 0.930. The summed E-state index contributed by atoms with van der Waals surface area (Å²) >= 11 is 5.37. The highest BCUT2D eigenvalue weighted by Gasteiger charge is 2.11. The average Bonchev–Trinajstić information content (AvgIpc) is 2.30. The maximum atomic E-state index is 2.69. The van der Waals surface area contributed by atoms with Crippen molar-refractivity contribution in [1.29, 1.82) is 0 Å². The van der Waals surface area contributed by atoms with Crippen LogP contribution in [-0.4, -0.2) is 7.85 Å². The first-order chi connectivity index (χ1) is 8.29. The molecule has 0 aromatic rings. The molecule has 1 aliphatic carbocycles. The van der Waals surface area contributed by atoms with E-state index in [4.69, 9.17) is 0 Å². The first-order valence-electron chi connectivity index (χ1n) is 7.57. The normalized spacial score (nSPS) is 31.4. The van der Waals surface area contributed by atoms with E-state index in [0.29, 0.717) is 0 Å². The van der Waals surface area contributed by atoms with Crippen LogP contribution in [0.15, 0.2) is 0 Å². The van der Waals surface area contributed by atoms with E-state index >= 15 is 0 Å². The van der Waals surface area contributed by atoms with E-state index < -0.39 is 0 Å². The molecule has 2 unspecified atom stereocenters. The molecule has 102 valence electrons. The standard InChI is InChI=1S/C15H28I2/c16-14-11-9-7-5-3-1-2-4-6-8-10-12-15(17)13-14/h14-15H,1-13H2. The van der Waals surface area contributed by atoms with Crippen LogP contribution in [0.25, 0.3) is 0 Å². The summed E-state index contributed by atoms with van der Waals surface area (Å²) in [5, 5.41) is 0. The molecule has 0 spiro atoms. The smallest absolute Gasteiger partial charge is 0.0120 e. The van der Waals surface area contributed by atoms with Gasteiger partial charge >= 0.3 is 0 Å². The largest absolute Gasteiger partial charge is 0.0826 e. The maximum absolute atomic E-state index is 2.69. The van der Waals surface area contributed by atoms with Gasteiger partial charge in [-0.2, -0.15) is 0 Å². The Morgan fingerprint density at radius 1 is 0.471 bits per heavy atom. The predicted octanol–water partition coefficient (Wildman–Crippen LogP) is 6.68. The molecule has 2 atom stereocenters. The summed E-state index contributed by atoms with van der Waals surface area (Å²) < 4.78 is 1.86. The highest BCUT2D eigenvalue weighted by Crippen LogP contribution is 2.25. The second-order valence-corrected chi connectivity index (χ2v) is 9.07. The molecule has 0 radical (unpaired) electrons. The van der Waals surface area contributed by atoms with Crippen molar-refractivity contribution in [3.63, 3.8) is 0 Å². The molecule has 0 aliphatic heterocycles. The van der Waals surface area contributed by atoms with Crippen molar-refractivity contribution in [2.45, 2.75) is 91.3 Å². The Labute approximate surface area is 135 Å². The van der Waals surface area contributed by atoms with Crippen molar-refractivity contribution in [2.75, 3.05) is 0 Å². The Hall–Kier alpha value is 1.46. The topological polar surface area (TPSA) is 0 Å². The fourth-order valence-electron chi connectivity index (χ4n) is 2.66. The van der Waals surface area contributed by atoms with Gasteiger partial charge in [0.25, 0.3) is 0 Å². The number of halogens is 2. The first kappa shape index (κ1) is 16.5. The third-order valence-corrected chi connectivity index (χ3v) is 6.06. The van der Waals surface area contributed by atoms with Crippen LogP contribution in [0.3, 0.4) is 0 Å². The van der Waals surface area contributed by atoms with E-state index in [1.165, 1.54) is 83.5 Å². The van der Waals surface area contributed by atoms with Gasteiger partial charge in [0.05, 0.1) is 0 Å². The third-order valence-electron chi connectivity index (χ3n) is 3.80. The van der Waals surface area contributed by atoms with Gasteiger partial charge in [0.1, 0.15) is 0 Å². The summed E-state index contributed by atoms with van der Waals surface area (Å²) in [4.78, 5) is 0. The van der Waals surface area contributed by atoms with Gasteiger partial charge in [0.15, 0.2) is 0 Å². The lowest BCUT2D eigenvalue weighted by Crippen LogP contribution is -2.07. The van der Waals surface area contributed by atoms with Gasteiger partial charge in [-0.15, -0.1) is 0 Å². The van der Waals surface area contributed by atoms with Crippen molar-refractivity contribution in [1.82, 2.24) is 0 Å². The van der Waals surface area contributed by atoms with Crippen molar-refractivity contribution >= 4 is 45.2 Å². The zero-order valence-corrected chi connectivity index (χ0v) is 15.4. The summed E-state index contributed by atoms with van der Waals surface area (Å²) in [7, 11) is 0. The molecule has 17 heavy (non-hydrogen) atoms. The predicted molar refractivity (Wildman–Crippen MR) is 95.6 cm³/mol. The van der Waals surface area contributed by atoms with Crippen LogP contribution in [0.1, 0.15) is 83.5 Å². The van der Waals surface area contributed by atoms with Gasteiger partial charge in [-0.3, -0.25) is 0 Å². The molecule has 0 saturated heterocycles. The van der Waals surface area contributed by atoms with E-state index in [0.717, 1.165) is 7.85 Å². The Balaban J connectivity index is 2.21. The van der Waals surface area contributed by atoms with Gasteiger partial charge in [-0.05, 0) is 19.3 Å². The lowest BCUT2D eigenvalue weighted by atomic mass is 10.1. The molecule has 0 N–H and O–H groups in total. The molecule has 0 heterocycles. The molecule has 1 rings (SSSR count). The highest BCUT2D eigenvalue weighted by atomic mass is 127. The van der Waals surface area contributed by atoms with E-state index in [2.05, 4.69) is 45.2 Å². The molecular weight excluding hydrogens is 434 g/mol. The maximum Gasteiger partial charge on any atom is 0.0120 e. The SMILES string of the molecule is IC1CCCCCCCCCCCCC(I)C1. The molecule has 0 amide bonds. The molecule has 0 aromatic heterocycles. The van der Waals surface area contributed by atoms with Crippen molar-refractivity contribution < 1.29 is 0 Å². The summed E-state index contributed by atoms with van der Waals surface area (Å²) in [5.41, 5.74) is 0. The molecule has 0 nitrogen and oxygen atoms in total. The molecular formula is C15H28I2. The Morgan fingerprint density at radius 3 is 1.12 bits per heavy atom. The fraction of sp³-hybridized carbons (Fsp3) is 1.00. The van der Waals surface area contributed by atoms with E-state index in [1.54, 1.807) is 0 Å². The summed E-state index contributed by atoms with van der Waals surface area (Å²) in [6.07, 6.45) is 19.2. The molecule has 1 saturated carbocycles. The van der Waals surface area contributed by atoms with E-state index in [-0.39, 0.29) is 0 Å². The minimum Gasteiger partial charge on any atom is -0.0826 e. The highest BCUT2D eigenvalue weighted by molar-refractivity contribution is 14.1. The monoisotopic (exact) mass is 462 g/mol. The molecule has 1 fully saturated rings. The van der Waals surface area contributed by atoms with Crippen LogP contribution in [0.2, 0.25) is 0 Å². The van der Waals surface area contributed by atoms with Gasteiger partial charge in [0.2, 0.25) is 0 Å². The molecule has 1 aliphatic rings. The molecule has 2 heteroatoms. The van der Waals surface area contributed by atoms with Crippen molar-refractivity contribution in [2.24, 2.45) is 0 Å². The summed E-state index contributed by atoms with van der Waals surface area (Å²) in [6, 6.07) is 0. The second-order valence-electron chi connectivity index (χ2n) is 5.54. The van der Waals surface area contributed by atoms with Crippen LogP contribution >= 0.6 is 45.2 Å². The Kier molecular flexibility index (Phi) is 11.0. The van der Waals surface area contributed by atoms with Gasteiger partial charge in [0, 0.05) is 7.85 Å². The fourth-order valence-corrected chi connectivity index (χ4v) is 5.74. The van der Waals surface area contributed by atoms with Gasteiger partial charge < -0.3 is 0 Å². The Morgan fingerprint density at radius 2 is 0.765 bits per heavy atom. The quantitative estimate of drug-likeness (QED) is 0.279. The van der Waals surface area contributed by atoms with Crippen LogP contribution in [0, 0.1) is 0 Å². The first-order valence-corrected chi connectivity index (χ1v) is 10.1. The average molecular weight is 462 g/mol. The number of hydrogen-bond acceptors (Lipinski definition) is 0. The number of rotatable bonds is 0. The lowest BCUT2D eigenvalue weighted by molar-refractivity contribution is 0.549. The summed E-state index contributed by atoms with van der Waals surface area (Å²) in [5.74, 6) is 0. The number of alkyl halides is 2. The second kappa shape index (κ2) is 11.3.